The molecule has 1 heteroatoms. The first-order chi connectivity index (χ1) is 9.10. The predicted molar refractivity (Wildman–Crippen MR) is 91.2 cm³/mol. The Hall–Kier alpha value is -0.303. The summed E-state index contributed by atoms with van der Waals surface area (Å²) in [5.41, 5.74) is 4.33. The molecule has 1 heterocycles. The van der Waals surface area contributed by atoms with E-state index in [1.54, 1.807) is 5.57 Å². The van der Waals surface area contributed by atoms with Gasteiger partial charge in [-0.1, -0.05) is 88.0 Å². The predicted octanol–water partition coefficient (Wildman–Crippen LogP) is 6.58. The second kappa shape index (κ2) is 8.79. The summed E-state index contributed by atoms with van der Waals surface area (Å²) >= 11 is 0. The minimum Gasteiger partial charge on any atom is -0.0873 e. The van der Waals surface area contributed by atoms with Crippen LogP contribution >= 0.6 is 0 Å². The van der Waals surface area contributed by atoms with Crippen molar-refractivity contribution >= 4 is 8.07 Å². The Morgan fingerprint density at radius 2 is 1.37 bits per heavy atom. The molecule has 1 aliphatic heterocycles. The Labute approximate surface area is 122 Å². The van der Waals surface area contributed by atoms with Crippen LogP contribution in [0.1, 0.15) is 78.1 Å². The highest BCUT2D eigenvalue weighted by Crippen LogP contribution is 2.32. The Bertz CT molecular complexity index is 310. The summed E-state index contributed by atoms with van der Waals surface area (Å²) in [6.07, 6.45) is 16.4. The van der Waals surface area contributed by atoms with Gasteiger partial charge in [-0.05, 0) is 25.7 Å². The van der Waals surface area contributed by atoms with Crippen molar-refractivity contribution in [3.8, 4) is 0 Å². The molecule has 0 aromatic carbocycles. The van der Waals surface area contributed by atoms with Crippen molar-refractivity contribution in [1.29, 1.82) is 0 Å². The van der Waals surface area contributed by atoms with E-state index < -0.39 is 8.07 Å². The van der Waals surface area contributed by atoms with Crippen LogP contribution < -0.4 is 0 Å². The third kappa shape index (κ3) is 6.12. The Balaban J connectivity index is 2.36. The Morgan fingerprint density at radius 3 is 1.95 bits per heavy atom. The summed E-state index contributed by atoms with van der Waals surface area (Å²) < 4.78 is 0. The van der Waals surface area contributed by atoms with Crippen LogP contribution in [0.3, 0.4) is 0 Å². The number of hydrogen-bond acceptors (Lipinski definition) is 0. The van der Waals surface area contributed by atoms with Crippen LogP contribution in [-0.4, -0.2) is 8.07 Å². The van der Waals surface area contributed by atoms with E-state index in [1.807, 2.05) is 5.20 Å². The number of rotatable bonds is 10. The fourth-order valence-corrected chi connectivity index (χ4v) is 5.76. The molecular weight excluding hydrogens is 244 g/mol. The van der Waals surface area contributed by atoms with Crippen LogP contribution in [-0.2, 0) is 0 Å². The fraction of sp³-hybridized carbons (Fsp3) is 0.778. The summed E-state index contributed by atoms with van der Waals surface area (Å²) in [7, 11) is -1.16. The third-order valence-corrected chi connectivity index (χ3v) is 7.49. The number of allylic oxidation sites excluding steroid dienone is 3. The zero-order valence-electron chi connectivity index (χ0n) is 13.7. The molecule has 0 nitrogen and oxygen atoms in total. The molecule has 0 aromatic heterocycles. The molecule has 0 N–H and O–H groups in total. The molecule has 19 heavy (non-hydrogen) atoms. The van der Waals surface area contributed by atoms with Crippen molar-refractivity contribution in [2.45, 2.75) is 91.1 Å². The third-order valence-electron chi connectivity index (χ3n) is 4.35. The van der Waals surface area contributed by atoms with Crippen LogP contribution in [0.2, 0.25) is 13.1 Å². The van der Waals surface area contributed by atoms with Crippen LogP contribution in [0, 0.1) is 0 Å². The van der Waals surface area contributed by atoms with Crippen molar-refractivity contribution in [1.82, 2.24) is 0 Å². The van der Waals surface area contributed by atoms with Gasteiger partial charge in [-0.2, -0.15) is 0 Å². The van der Waals surface area contributed by atoms with Crippen LogP contribution in [0.15, 0.2) is 22.5 Å². The van der Waals surface area contributed by atoms with Gasteiger partial charge in [0.25, 0.3) is 0 Å². The van der Waals surface area contributed by atoms with Gasteiger partial charge in [0.2, 0.25) is 0 Å². The highest BCUT2D eigenvalue weighted by atomic mass is 28.3. The lowest BCUT2D eigenvalue weighted by atomic mass is 10.1. The monoisotopic (exact) mass is 278 g/mol. The first kappa shape index (κ1) is 16.8. The molecule has 0 fully saturated rings. The standard InChI is InChI=1S/C18H34Si/c1-5-7-9-11-13-17-15-18(19(3,4)16-17)14-12-10-8-6-2/h15-16H,5-14H2,1-4H3. The van der Waals surface area contributed by atoms with E-state index in [-0.39, 0.29) is 0 Å². The van der Waals surface area contributed by atoms with Gasteiger partial charge in [0, 0.05) is 0 Å². The molecule has 0 spiro atoms. The van der Waals surface area contributed by atoms with Crippen molar-refractivity contribution in [3.05, 3.63) is 22.5 Å². The molecule has 0 aromatic rings. The smallest absolute Gasteiger partial charge is 0.0873 e. The van der Waals surface area contributed by atoms with Gasteiger partial charge >= 0.3 is 0 Å². The van der Waals surface area contributed by atoms with Gasteiger partial charge in [-0.25, -0.2) is 0 Å². The molecule has 1 aliphatic rings. The maximum Gasteiger partial charge on any atom is 0.0993 e. The van der Waals surface area contributed by atoms with Gasteiger partial charge in [-0.3, -0.25) is 0 Å². The van der Waals surface area contributed by atoms with Crippen molar-refractivity contribution in [2.75, 3.05) is 0 Å². The SMILES string of the molecule is CCCCCCC1=C[Si](C)(C)C(CCCCCC)=C1. The van der Waals surface area contributed by atoms with Crippen molar-refractivity contribution < 1.29 is 0 Å². The van der Waals surface area contributed by atoms with E-state index in [9.17, 15) is 0 Å². The van der Waals surface area contributed by atoms with E-state index in [1.165, 1.54) is 64.2 Å². The van der Waals surface area contributed by atoms with Gasteiger partial charge < -0.3 is 0 Å². The molecule has 110 valence electrons. The minimum atomic E-state index is -1.16. The second-order valence-electron chi connectivity index (χ2n) is 6.73. The van der Waals surface area contributed by atoms with E-state index in [0.717, 1.165) is 0 Å². The number of unbranched alkanes of at least 4 members (excludes halogenated alkanes) is 6. The van der Waals surface area contributed by atoms with Crippen molar-refractivity contribution in [3.63, 3.8) is 0 Å². The fourth-order valence-electron chi connectivity index (χ4n) is 3.04. The molecule has 0 unspecified atom stereocenters. The van der Waals surface area contributed by atoms with Gasteiger partial charge in [0.15, 0.2) is 0 Å². The molecule has 0 amide bonds. The van der Waals surface area contributed by atoms with Crippen molar-refractivity contribution in [2.24, 2.45) is 0 Å². The second-order valence-corrected chi connectivity index (χ2v) is 11.1. The summed E-state index contributed by atoms with van der Waals surface area (Å²) in [5.74, 6) is 0. The van der Waals surface area contributed by atoms with E-state index in [4.69, 9.17) is 0 Å². The zero-order chi connectivity index (χ0) is 14.1. The average molecular weight is 279 g/mol. The zero-order valence-corrected chi connectivity index (χ0v) is 14.7. The topological polar surface area (TPSA) is 0 Å². The highest BCUT2D eigenvalue weighted by molar-refractivity contribution is 6.89. The Morgan fingerprint density at radius 1 is 0.789 bits per heavy atom. The minimum absolute atomic E-state index is 1.16. The van der Waals surface area contributed by atoms with E-state index in [2.05, 4.69) is 38.7 Å². The maximum absolute atomic E-state index is 2.66. The molecule has 0 saturated heterocycles. The molecular formula is C18H34Si. The lowest BCUT2D eigenvalue weighted by molar-refractivity contribution is 0.666. The van der Waals surface area contributed by atoms with Crippen LogP contribution in [0.5, 0.6) is 0 Å². The highest BCUT2D eigenvalue weighted by Gasteiger charge is 2.27. The lowest BCUT2D eigenvalue weighted by Gasteiger charge is -2.18. The summed E-state index contributed by atoms with van der Waals surface area (Å²) in [4.78, 5) is 0. The molecule has 1 rings (SSSR count). The summed E-state index contributed by atoms with van der Waals surface area (Å²) in [6, 6.07) is 0. The summed E-state index contributed by atoms with van der Waals surface area (Å²) in [5, 5.41) is 1.81. The van der Waals surface area contributed by atoms with Crippen LogP contribution in [0.4, 0.5) is 0 Å². The first-order valence-corrected chi connectivity index (χ1v) is 11.6. The average Bonchev–Trinajstić information content (AvgIpc) is 2.65. The quantitative estimate of drug-likeness (QED) is 0.313. The van der Waals surface area contributed by atoms with Crippen LogP contribution in [0.25, 0.3) is 0 Å². The number of hydrogen-bond donors (Lipinski definition) is 0. The molecule has 0 bridgehead atoms. The molecule has 0 atom stereocenters. The van der Waals surface area contributed by atoms with Gasteiger partial charge in [0.05, 0.1) is 8.07 Å². The first-order valence-electron chi connectivity index (χ1n) is 8.53. The van der Waals surface area contributed by atoms with Gasteiger partial charge in [-0.15, -0.1) is 0 Å². The molecule has 0 radical (unpaired) electrons. The Kier molecular flexibility index (Phi) is 7.75. The maximum atomic E-state index is 2.66. The summed E-state index contributed by atoms with van der Waals surface area (Å²) in [6.45, 7) is 9.64. The normalized spacial score (nSPS) is 17.5. The largest absolute Gasteiger partial charge is 0.0993 e. The molecule has 0 aliphatic carbocycles. The molecule has 0 saturated carbocycles. The van der Waals surface area contributed by atoms with E-state index >= 15 is 0 Å². The van der Waals surface area contributed by atoms with E-state index in [0.29, 0.717) is 0 Å². The van der Waals surface area contributed by atoms with Gasteiger partial charge in [0.1, 0.15) is 0 Å². The lowest BCUT2D eigenvalue weighted by Crippen LogP contribution is -2.24.